The highest BCUT2D eigenvalue weighted by molar-refractivity contribution is 7.80. The molecule has 0 aliphatic carbocycles. The summed E-state index contributed by atoms with van der Waals surface area (Å²) in [6.07, 6.45) is 0. The van der Waals surface area contributed by atoms with Crippen molar-refractivity contribution in [3.8, 4) is 0 Å². The van der Waals surface area contributed by atoms with Gasteiger partial charge in [-0.05, 0) is 0 Å². The van der Waals surface area contributed by atoms with E-state index < -0.39 is 12.1 Å². The van der Waals surface area contributed by atoms with Gasteiger partial charge in [-0.2, -0.15) is 25.3 Å². The van der Waals surface area contributed by atoms with Gasteiger partial charge in [-0.3, -0.25) is 9.59 Å². The molecule has 2 N–H and O–H groups in total. The Bertz CT molecular complexity index is 250. The van der Waals surface area contributed by atoms with Crippen LogP contribution in [0.3, 0.4) is 0 Å². The number of carbonyl (C=O) groups is 2. The van der Waals surface area contributed by atoms with Gasteiger partial charge < -0.3 is 20.1 Å². The molecule has 0 aromatic carbocycles. The molecule has 0 bridgehead atoms. The molecule has 0 rings (SSSR count). The molecule has 0 aliphatic rings. The predicted molar refractivity (Wildman–Crippen MR) is 89.8 cm³/mol. The van der Waals surface area contributed by atoms with E-state index in [1.807, 2.05) is 0 Å². The van der Waals surface area contributed by atoms with E-state index in [0.29, 0.717) is 24.6 Å². The minimum absolute atomic E-state index is 0. The van der Waals surface area contributed by atoms with Crippen LogP contribution in [-0.2, 0) is 19.1 Å². The minimum atomic E-state index is -0.451. The molecule has 0 saturated heterocycles. The van der Waals surface area contributed by atoms with Crippen LogP contribution in [-0.4, -0.2) is 62.8 Å². The van der Waals surface area contributed by atoms with Crippen LogP contribution in [0.4, 0.5) is 0 Å². The Hall–Kier alpha value is 0.140. The second-order valence-corrected chi connectivity index (χ2v) is 4.16. The highest BCUT2D eigenvalue weighted by Crippen LogP contribution is 1.92. The lowest BCUT2D eigenvalue weighted by atomic mass is 10.3. The molecule has 122 valence electrons. The fourth-order valence-electron chi connectivity index (χ4n) is 1.22. The molecule has 0 fully saturated rings. The summed E-state index contributed by atoms with van der Waals surface area (Å²) in [7, 11) is 2.65. The molecule has 0 aromatic heterocycles. The standard InChI is InChI=1S/C10H20N2O4S2.2ClH/c1-15-9(13)7(5-17)11-3-4-12-8(6-18)10(14)16-2;;/h7-8,11-12,17-18H,3-6H2,1-2H3;2*1H/t7-,8-;;/m1../s1. The highest BCUT2D eigenvalue weighted by atomic mass is 35.5. The Labute approximate surface area is 142 Å². The van der Waals surface area contributed by atoms with Gasteiger partial charge in [0.25, 0.3) is 0 Å². The lowest BCUT2D eigenvalue weighted by Gasteiger charge is -2.17. The van der Waals surface area contributed by atoms with E-state index in [9.17, 15) is 9.59 Å². The van der Waals surface area contributed by atoms with Crippen molar-refractivity contribution in [2.75, 3.05) is 38.8 Å². The monoisotopic (exact) mass is 368 g/mol. The molecule has 10 heteroatoms. The average Bonchev–Trinajstić information content (AvgIpc) is 2.41. The molecule has 0 radical (unpaired) electrons. The summed E-state index contributed by atoms with van der Waals surface area (Å²) in [6.45, 7) is 1.00. The molecule has 0 saturated carbocycles. The Morgan fingerprint density at radius 3 is 1.40 bits per heavy atom. The number of hydrogen-bond donors (Lipinski definition) is 4. The lowest BCUT2D eigenvalue weighted by molar-refractivity contribution is -0.143. The number of hydrogen-bond acceptors (Lipinski definition) is 8. The molecular formula is C10H22Cl2N2O4S2. The van der Waals surface area contributed by atoms with E-state index in [4.69, 9.17) is 0 Å². The number of esters is 2. The summed E-state index contributed by atoms with van der Waals surface area (Å²) in [5.74, 6) is -0.0216. The Morgan fingerprint density at radius 1 is 0.900 bits per heavy atom. The van der Waals surface area contributed by atoms with Gasteiger partial charge in [-0.1, -0.05) is 0 Å². The summed E-state index contributed by atoms with van der Waals surface area (Å²) >= 11 is 8.10. The second-order valence-electron chi connectivity index (χ2n) is 3.42. The zero-order valence-corrected chi connectivity index (χ0v) is 14.7. The van der Waals surface area contributed by atoms with Crippen LogP contribution >= 0.6 is 50.1 Å². The maximum Gasteiger partial charge on any atom is 0.323 e. The van der Waals surface area contributed by atoms with Crippen LogP contribution in [0, 0.1) is 0 Å². The van der Waals surface area contributed by atoms with Crippen molar-refractivity contribution in [3.05, 3.63) is 0 Å². The second kappa shape index (κ2) is 15.5. The molecule has 20 heavy (non-hydrogen) atoms. The van der Waals surface area contributed by atoms with Crippen LogP contribution < -0.4 is 10.6 Å². The third kappa shape index (κ3) is 9.95. The molecule has 0 aromatic rings. The normalized spacial score (nSPS) is 12.4. The Kier molecular flexibility index (Phi) is 19.5. The summed E-state index contributed by atoms with van der Waals surface area (Å²) < 4.78 is 9.20. The van der Waals surface area contributed by atoms with Gasteiger partial charge in [-0.25, -0.2) is 0 Å². The van der Waals surface area contributed by atoms with Crippen LogP contribution in [0.5, 0.6) is 0 Å². The molecular weight excluding hydrogens is 347 g/mol. The van der Waals surface area contributed by atoms with Crippen LogP contribution in [0.2, 0.25) is 0 Å². The lowest BCUT2D eigenvalue weighted by Crippen LogP contribution is -2.46. The van der Waals surface area contributed by atoms with Gasteiger partial charge in [-0.15, -0.1) is 24.8 Å². The molecule has 0 heterocycles. The topological polar surface area (TPSA) is 76.7 Å². The Morgan fingerprint density at radius 2 is 1.20 bits per heavy atom. The minimum Gasteiger partial charge on any atom is -0.468 e. The van der Waals surface area contributed by atoms with Gasteiger partial charge in [0.15, 0.2) is 0 Å². The van der Waals surface area contributed by atoms with Gasteiger partial charge in [0.1, 0.15) is 12.1 Å². The van der Waals surface area contributed by atoms with Crippen LogP contribution in [0.1, 0.15) is 0 Å². The average molecular weight is 369 g/mol. The number of methoxy groups -OCH3 is 2. The first kappa shape index (κ1) is 25.1. The number of nitrogens with one attached hydrogen (secondary N) is 2. The van der Waals surface area contributed by atoms with Crippen molar-refractivity contribution in [2.45, 2.75) is 12.1 Å². The van der Waals surface area contributed by atoms with Crippen molar-refractivity contribution in [1.29, 1.82) is 0 Å². The summed E-state index contributed by atoms with van der Waals surface area (Å²) in [5, 5.41) is 5.93. The maximum atomic E-state index is 11.2. The summed E-state index contributed by atoms with van der Waals surface area (Å²) in [6, 6.07) is -0.902. The molecule has 0 unspecified atom stereocenters. The van der Waals surface area contributed by atoms with Gasteiger partial charge in [0.05, 0.1) is 14.2 Å². The van der Waals surface area contributed by atoms with Crippen molar-refractivity contribution in [1.82, 2.24) is 10.6 Å². The third-order valence-electron chi connectivity index (χ3n) is 2.24. The van der Waals surface area contributed by atoms with E-state index >= 15 is 0 Å². The molecule has 0 aliphatic heterocycles. The van der Waals surface area contributed by atoms with Crippen LogP contribution in [0.25, 0.3) is 0 Å². The summed E-state index contributed by atoms with van der Waals surface area (Å²) in [5.41, 5.74) is 0. The number of carbonyl (C=O) groups excluding carboxylic acids is 2. The predicted octanol–water partition coefficient (Wildman–Crippen LogP) is -0.0480. The molecule has 2 atom stereocenters. The first-order valence-corrected chi connectivity index (χ1v) is 6.71. The highest BCUT2D eigenvalue weighted by Gasteiger charge is 2.18. The largest absolute Gasteiger partial charge is 0.468 e. The van der Waals surface area contributed by atoms with Crippen molar-refractivity contribution >= 4 is 62.0 Å². The quantitative estimate of drug-likeness (QED) is 0.260. The number of thiol groups is 2. The number of halogens is 2. The molecule has 0 amide bonds. The zero-order valence-electron chi connectivity index (χ0n) is 11.3. The molecule has 0 spiro atoms. The molecule has 6 nitrogen and oxygen atoms in total. The zero-order chi connectivity index (χ0) is 14.0. The van der Waals surface area contributed by atoms with Crippen molar-refractivity contribution in [3.63, 3.8) is 0 Å². The van der Waals surface area contributed by atoms with E-state index in [-0.39, 0.29) is 36.8 Å². The first-order chi connectivity index (χ1) is 8.60. The number of rotatable bonds is 9. The fourth-order valence-corrected chi connectivity index (χ4v) is 1.78. The van der Waals surface area contributed by atoms with Gasteiger partial charge >= 0.3 is 11.9 Å². The summed E-state index contributed by atoms with van der Waals surface area (Å²) in [4.78, 5) is 22.5. The van der Waals surface area contributed by atoms with Gasteiger partial charge in [0, 0.05) is 24.6 Å². The maximum absolute atomic E-state index is 11.2. The SMILES string of the molecule is COC(=O)[C@@H](CS)NCCN[C@H](CS)C(=O)OC.Cl.Cl. The van der Waals surface area contributed by atoms with Crippen molar-refractivity contribution in [2.24, 2.45) is 0 Å². The van der Waals surface area contributed by atoms with E-state index in [2.05, 4.69) is 45.4 Å². The van der Waals surface area contributed by atoms with E-state index in [1.54, 1.807) is 0 Å². The smallest absolute Gasteiger partial charge is 0.323 e. The van der Waals surface area contributed by atoms with E-state index in [0.717, 1.165) is 0 Å². The van der Waals surface area contributed by atoms with Crippen LogP contribution in [0.15, 0.2) is 0 Å². The first-order valence-electron chi connectivity index (χ1n) is 5.44. The Balaban J connectivity index is -0.00000144. The fraction of sp³-hybridized carbons (Fsp3) is 0.800. The number of ether oxygens (including phenoxy) is 2. The van der Waals surface area contributed by atoms with Gasteiger partial charge in [0.2, 0.25) is 0 Å². The van der Waals surface area contributed by atoms with E-state index in [1.165, 1.54) is 14.2 Å². The van der Waals surface area contributed by atoms with Crippen molar-refractivity contribution < 1.29 is 19.1 Å². The third-order valence-corrected chi connectivity index (χ3v) is 2.97.